The number of rotatable bonds is 4. The summed E-state index contributed by atoms with van der Waals surface area (Å²) in [5.74, 6) is 1.49. The molecule has 1 aromatic carbocycles. The molecule has 4 rings (SSSR count). The van der Waals surface area contributed by atoms with E-state index in [0.29, 0.717) is 12.5 Å². The van der Waals surface area contributed by atoms with Crippen LogP contribution < -0.4 is 0 Å². The van der Waals surface area contributed by atoms with E-state index in [1.54, 1.807) is 6.20 Å². The summed E-state index contributed by atoms with van der Waals surface area (Å²) in [4.78, 5) is 19.6. The molecule has 3 aromatic rings. The minimum Gasteiger partial charge on any atom is -0.340 e. The number of para-hydroxylation sites is 2. The molecule has 1 amide bonds. The van der Waals surface area contributed by atoms with Gasteiger partial charge in [0.15, 0.2) is 0 Å². The van der Waals surface area contributed by atoms with E-state index >= 15 is 0 Å². The number of nitrogens with one attached hydrogen (secondary N) is 1. The third-order valence-corrected chi connectivity index (χ3v) is 5.08. The van der Waals surface area contributed by atoms with E-state index in [2.05, 4.69) is 26.7 Å². The molecule has 0 bridgehead atoms. The maximum absolute atomic E-state index is 12.9. The number of likely N-dealkylation sites (tertiary alicyclic amines) is 1. The van der Waals surface area contributed by atoms with Gasteiger partial charge in [0, 0.05) is 37.3 Å². The molecule has 0 radical (unpaired) electrons. The van der Waals surface area contributed by atoms with Gasteiger partial charge in [0.2, 0.25) is 5.91 Å². The average Bonchev–Trinajstić information content (AvgIpc) is 3.30. The molecule has 25 heavy (non-hydrogen) atoms. The normalized spacial score (nSPS) is 18.0. The second-order valence-corrected chi connectivity index (χ2v) is 6.65. The van der Waals surface area contributed by atoms with Crippen LogP contribution in [-0.4, -0.2) is 43.6 Å². The summed E-state index contributed by atoms with van der Waals surface area (Å²) in [6, 6.07) is 10.0. The van der Waals surface area contributed by atoms with Gasteiger partial charge < -0.3 is 9.47 Å². The number of hydrogen-bond acceptors (Lipinski definition) is 3. The van der Waals surface area contributed by atoms with E-state index < -0.39 is 0 Å². The summed E-state index contributed by atoms with van der Waals surface area (Å²) in [6.45, 7) is 4.03. The van der Waals surface area contributed by atoms with E-state index in [1.165, 1.54) is 0 Å². The predicted molar refractivity (Wildman–Crippen MR) is 96.3 cm³/mol. The van der Waals surface area contributed by atoms with Crippen molar-refractivity contribution in [1.29, 1.82) is 0 Å². The van der Waals surface area contributed by atoms with Crippen molar-refractivity contribution in [2.24, 2.45) is 0 Å². The zero-order valence-electron chi connectivity index (χ0n) is 14.5. The Bertz CT molecular complexity index is 867. The monoisotopic (exact) mass is 337 g/mol. The summed E-state index contributed by atoms with van der Waals surface area (Å²) in [7, 11) is 0. The molecule has 2 aromatic heterocycles. The van der Waals surface area contributed by atoms with Crippen LogP contribution in [0.25, 0.3) is 11.0 Å². The zero-order valence-corrected chi connectivity index (χ0v) is 14.5. The smallest absolute Gasteiger partial charge is 0.242 e. The van der Waals surface area contributed by atoms with E-state index in [1.807, 2.05) is 35.2 Å². The third kappa shape index (κ3) is 3.04. The van der Waals surface area contributed by atoms with Gasteiger partial charge in [-0.3, -0.25) is 9.89 Å². The van der Waals surface area contributed by atoms with Gasteiger partial charge in [0.05, 0.1) is 11.0 Å². The first-order valence-corrected chi connectivity index (χ1v) is 8.97. The minimum absolute atomic E-state index is 0.169. The lowest BCUT2D eigenvalue weighted by molar-refractivity contribution is -0.133. The van der Waals surface area contributed by atoms with Crippen LogP contribution in [-0.2, 0) is 17.8 Å². The topological polar surface area (TPSA) is 66.8 Å². The van der Waals surface area contributed by atoms with Crippen LogP contribution >= 0.6 is 0 Å². The summed E-state index contributed by atoms with van der Waals surface area (Å²) >= 11 is 0. The van der Waals surface area contributed by atoms with Crippen LogP contribution in [0.2, 0.25) is 0 Å². The van der Waals surface area contributed by atoms with Crippen molar-refractivity contribution in [3.05, 3.63) is 48.0 Å². The highest BCUT2D eigenvalue weighted by Gasteiger charge is 2.26. The van der Waals surface area contributed by atoms with Gasteiger partial charge in [-0.15, -0.1) is 0 Å². The van der Waals surface area contributed by atoms with Crippen LogP contribution in [0.15, 0.2) is 36.5 Å². The third-order valence-electron chi connectivity index (χ3n) is 5.08. The molecule has 1 aliphatic rings. The van der Waals surface area contributed by atoms with Gasteiger partial charge in [-0.05, 0) is 31.0 Å². The van der Waals surface area contributed by atoms with E-state index in [9.17, 15) is 4.79 Å². The minimum atomic E-state index is 0.169. The Labute approximate surface area is 146 Å². The summed E-state index contributed by atoms with van der Waals surface area (Å²) < 4.78 is 2.07. The molecule has 130 valence electrons. The highest BCUT2D eigenvalue weighted by Crippen LogP contribution is 2.26. The molecule has 1 N–H and O–H groups in total. The summed E-state index contributed by atoms with van der Waals surface area (Å²) in [5.41, 5.74) is 3.12. The van der Waals surface area contributed by atoms with Crippen LogP contribution in [0, 0.1) is 0 Å². The number of H-pyrrole nitrogens is 1. The second kappa shape index (κ2) is 6.70. The van der Waals surface area contributed by atoms with Crippen molar-refractivity contribution >= 4 is 16.9 Å². The Morgan fingerprint density at radius 1 is 1.32 bits per heavy atom. The van der Waals surface area contributed by atoms with E-state index in [-0.39, 0.29) is 5.91 Å². The van der Waals surface area contributed by atoms with Crippen molar-refractivity contribution in [2.75, 3.05) is 13.1 Å². The number of carbonyl (C=O) groups is 1. The van der Waals surface area contributed by atoms with Crippen molar-refractivity contribution in [3.8, 4) is 0 Å². The Kier molecular flexibility index (Phi) is 4.26. The number of benzene rings is 1. The number of amides is 1. The molecular formula is C19H23N5O. The van der Waals surface area contributed by atoms with Gasteiger partial charge in [-0.1, -0.05) is 19.1 Å². The first kappa shape index (κ1) is 15.9. The van der Waals surface area contributed by atoms with Crippen molar-refractivity contribution in [2.45, 2.75) is 38.6 Å². The number of aromatic nitrogens is 4. The molecule has 3 heterocycles. The SMILES string of the molecule is CCc1nc2ccccc2n1CC(=O)N1CCC[C@H](c2ccn[nH]2)C1. The molecule has 0 spiro atoms. The van der Waals surface area contributed by atoms with Crippen LogP contribution in [0.1, 0.15) is 37.2 Å². The molecule has 0 saturated carbocycles. The molecule has 0 unspecified atom stereocenters. The maximum Gasteiger partial charge on any atom is 0.242 e. The number of fused-ring (bicyclic) bond motifs is 1. The molecule has 6 heteroatoms. The Morgan fingerprint density at radius 2 is 2.20 bits per heavy atom. The average molecular weight is 337 g/mol. The van der Waals surface area contributed by atoms with Gasteiger partial charge in [-0.25, -0.2) is 4.98 Å². The lowest BCUT2D eigenvalue weighted by Crippen LogP contribution is -2.41. The molecule has 6 nitrogen and oxygen atoms in total. The predicted octanol–water partition coefficient (Wildman–Crippen LogP) is 2.73. The highest BCUT2D eigenvalue weighted by atomic mass is 16.2. The zero-order chi connectivity index (χ0) is 17.2. The summed E-state index contributed by atoms with van der Waals surface area (Å²) in [5, 5.41) is 7.10. The Hall–Kier alpha value is -2.63. The highest BCUT2D eigenvalue weighted by molar-refractivity contribution is 5.81. The van der Waals surface area contributed by atoms with Gasteiger partial charge in [-0.2, -0.15) is 5.10 Å². The number of aromatic amines is 1. The fraction of sp³-hybridized carbons (Fsp3) is 0.421. The second-order valence-electron chi connectivity index (χ2n) is 6.65. The number of hydrogen-bond donors (Lipinski definition) is 1. The largest absolute Gasteiger partial charge is 0.340 e. The van der Waals surface area contributed by atoms with Crippen LogP contribution in [0.3, 0.4) is 0 Å². The Balaban J connectivity index is 1.54. The molecule has 1 saturated heterocycles. The number of nitrogens with zero attached hydrogens (tertiary/aromatic N) is 4. The quantitative estimate of drug-likeness (QED) is 0.796. The van der Waals surface area contributed by atoms with Crippen molar-refractivity contribution in [3.63, 3.8) is 0 Å². The first-order valence-electron chi connectivity index (χ1n) is 8.97. The molecule has 1 fully saturated rings. The Morgan fingerprint density at radius 3 is 3.00 bits per heavy atom. The number of piperidine rings is 1. The maximum atomic E-state index is 12.9. The molecule has 1 atom stereocenters. The lowest BCUT2D eigenvalue weighted by Gasteiger charge is -2.32. The molecule has 1 aliphatic heterocycles. The molecular weight excluding hydrogens is 314 g/mol. The lowest BCUT2D eigenvalue weighted by atomic mass is 9.95. The van der Waals surface area contributed by atoms with Crippen molar-refractivity contribution < 1.29 is 4.79 Å². The van der Waals surface area contributed by atoms with Crippen molar-refractivity contribution in [1.82, 2.24) is 24.6 Å². The fourth-order valence-electron chi connectivity index (χ4n) is 3.76. The molecule has 0 aliphatic carbocycles. The fourth-order valence-corrected chi connectivity index (χ4v) is 3.76. The van der Waals surface area contributed by atoms with Gasteiger partial charge >= 0.3 is 0 Å². The first-order chi connectivity index (χ1) is 12.3. The standard InChI is InChI=1S/C19H23N5O/c1-2-18-21-16-7-3-4-8-17(16)24(18)13-19(25)23-11-5-6-14(12-23)15-9-10-20-22-15/h3-4,7-10,14H,2,5-6,11-13H2,1H3,(H,20,22)/t14-/m0/s1. The van der Waals surface area contributed by atoms with E-state index in [0.717, 1.165) is 54.9 Å². The van der Waals surface area contributed by atoms with E-state index in [4.69, 9.17) is 0 Å². The van der Waals surface area contributed by atoms with Crippen LogP contribution in [0.4, 0.5) is 0 Å². The van der Waals surface area contributed by atoms with Gasteiger partial charge in [0.25, 0.3) is 0 Å². The summed E-state index contributed by atoms with van der Waals surface area (Å²) in [6.07, 6.45) is 4.72. The van der Waals surface area contributed by atoms with Crippen LogP contribution in [0.5, 0.6) is 0 Å². The number of imidazole rings is 1. The number of aryl methyl sites for hydroxylation is 1. The van der Waals surface area contributed by atoms with Gasteiger partial charge in [0.1, 0.15) is 12.4 Å². The number of carbonyl (C=O) groups excluding carboxylic acids is 1.